The van der Waals surface area contributed by atoms with Crippen molar-refractivity contribution in [3.8, 4) is 0 Å². The lowest BCUT2D eigenvalue weighted by Gasteiger charge is -2.18. The van der Waals surface area contributed by atoms with Crippen LogP contribution in [-0.4, -0.2) is 22.4 Å². The highest BCUT2D eigenvalue weighted by molar-refractivity contribution is 7.11. The number of aromatic nitrogens is 1. The first-order valence-corrected chi connectivity index (χ1v) is 9.61. The molecule has 5 nitrogen and oxygen atoms in total. The fraction of sp³-hybridized carbons (Fsp3) is 0.400. The van der Waals surface area contributed by atoms with Gasteiger partial charge in [0.05, 0.1) is 6.54 Å². The van der Waals surface area contributed by atoms with Crippen molar-refractivity contribution >= 4 is 57.9 Å². The Hall–Kier alpha value is -1.15. The van der Waals surface area contributed by atoms with Crippen molar-refractivity contribution < 1.29 is 14.3 Å². The number of ether oxygens (including phenoxy) is 1. The van der Waals surface area contributed by atoms with Crippen LogP contribution >= 0.6 is 46.1 Å². The van der Waals surface area contributed by atoms with Crippen LogP contribution in [0.3, 0.4) is 0 Å². The first-order chi connectivity index (χ1) is 11.4. The van der Waals surface area contributed by atoms with Gasteiger partial charge in [-0.1, -0.05) is 43.1 Å². The summed E-state index contributed by atoms with van der Waals surface area (Å²) in [6, 6.07) is 3.83. The summed E-state index contributed by atoms with van der Waals surface area (Å²) in [5.74, 6) is -0.923. The molecule has 1 atom stereocenters. The maximum Gasteiger partial charge on any atom is 0.360 e. The highest BCUT2D eigenvalue weighted by atomic mass is 35.5. The van der Waals surface area contributed by atoms with Gasteiger partial charge in [0.25, 0.3) is 5.91 Å². The zero-order chi connectivity index (χ0) is 17.7. The molecule has 2 rings (SSSR count). The van der Waals surface area contributed by atoms with E-state index in [4.69, 9.17) is 27.9 Å². The Morgan fingerprint density at radius 3 is 2.67 bits per heavy atom. The second kappa shape index (κ2) is 8.80. The lowest BCUT2D eigenvalue weighted by Crippen LogP contribution is -2.38. The van der Waals surface area contributed by atoms with E-state index >= 15 is 0 Å². The number of nitrogens with one attached hydrogen (secondary N) is 1. The summed E-state index contributed by atoms with van der Waals surface area (Å²) in [5, 5.41) is 4.77. The molecule has 0 radical (unpaired) electrons. The van der Waals surface area contributed by atoms with Crippen molar-refractivity contribution in [2.45, 2.75) is 32.9 Å². The summed E-state index contributed by atoms with van der Waals surface area (Å²) in [7, 11) is 0. The van der Waals surface area contributed by atoms with Crippen LogP contribution in [0, 0.1) is 5.92 Å². The second-order valence-electron chi connectivity index (χ2n) is 5.44. The van der Waals surface area contributed by atoms with E-state index in [0.29, 0.717) is 13.0 Å². The minimum absolute atomic E-state index is 0.0500. The van der Waals surface area contributed by atoms with Crippen molar-refractivity contribution in [1.29, 1.82) is 0 Å². The fourth-order valence-electron chi connectivity index (χ4n) is 1.91. The number of halogens is 2. The van der Waals surface area contributed by atoms with Crippen LogP contribution in [0.4, 0.5) is 0 Å². The zero-order valence-electron chi connectivity index (χ0n) is 13.0. The van der Waals surface area contributed by atoms with Crippen LogP contribution in [0.5, 0.6) is 0 Å². The standard InChI is InChI=1S/C15H16Cl2N2O3S2/c1-8(2)6-10(14(20)18-7-9-4-3-5-23-9)22-15(21)12-11(16)13(17)24-19-12/h3-5,8,10H,6-7H2,1-2H3,(H,18,20)/t10-/m0/s1. The highest BCUT2D eigenvalue weighted by Gasteiger charge is 2.27. The zero-order valence-corrected chi connectivity index (χ0v) is 16.2. The van der Waals surface area contributed by atoms with Crippen LogP contribution in [0.25, 0.3) is 0 Å². The Bertz CT molecular complexity index is 702. The van der Waals surface area contributed by atoms with Crippen molar-refractivity contribution in [2.24, 2.45) is 5.92 Å². The van der Waals surface area contributed by atoms with Gasteiger partial charge in [0.1, 0.15) is 9.36 Å². The van der Waals surface area contributed by atoms with Crippen molar-refractivity contribution in [3.05, 3.63) is 37.4 Å². The summed E-state index contributed by atoms with van der Waals surface area (Å²) in [5.41, 5.74) is -0.0634. The molecule has 0 aromatic carbocycles. The van der Waals surface area contributed by atoms with E-state index in [2.05, 4.69) is 9.69 Å². The topological polar surface area (TPSA) is 68.3 Å². The molecule has 9 heteroatoms. The number of amides is 1. The van der Waals surface area contributed by atoms with Gasteiger partial charge >= 0.3 is 5.97 Å². The molecule has 130 valence electrons. The minimum Gasteiger partial charge on any atom is -0.447 e. The molecule has 0 aliphatic carbocycles. The Morgan fingerprint density at radius 1 is 1.38 bits per heavy atom. The van der Waals surface area contributed by atoms with Crippen LogP contribution < -0.4 is 5.32 Å². The number of carbonyl (C=O) groups excluding carboxylic acids is 2. The predicted molar refractivity (Wildman–Crippen MR) is 97.0 cm³/mol. The lowest BCUT2D eigenvalue weighted by molar-refractivity contribution is -0.130. The summed E-state index contributed by atoms with van der Waals surface area (Å²) in [6.45, 7) is 4.28. The minimum atomic E-state index is -0.908. The maximum atomic E-state index is 12.4. The quantitative estimate of drug-likeness (QED) is 0.691. The summed E-state index contributed by atoms with van der Waals surface area (Å²) < 4.78 is 9.41. The molecule has 0 spiro atoms. The molecule has 0 fully saturated rings. The third-order valence-electron chi connectivity index (χ3n) is 3.04. The van der Waals surface area contributed by atoms with Crippen LogP contribution in [-0.2, 0) is 16.1 Å². The van der Waals surface area contributed by atoms with Crippen molar-refractivity contribution in [2.75, 3.05) is 0 Å². The van der Waals surface area contributed by atoms with Gasteiger partial charge in [-0.15, -0.1) is 11.3 Å². The first-order valence-electron chi connectivity index (χ1n) is 7.20. The predicted octanol–water partition coefficient (Wildman–Crippen LogP) is 4.40. The maximum absolute atomic E-state index is 12.4. The summed E-state index contributed by atoms with van der Waals surface area (Å²) >= 11 is 14.2. The average molecular weight is 407 g/mol. The van der Waals surface area contributed by atoms with E-state index in [1.54, 1.807) is 11.3 Å². The number of hydrogen-bond donors (Lipinski definition) is 1. The van der Waals surface area contributed by atoms with E-state index < -0.39 is 12.1 Å². The van der Waals surface area contributed by atoms with Gasteiger partial charge < -0.3 is 10.1 Å². The monoisotopic (exact) mass is 406 g/mol. The number of carbonyl (C=O) groups is 2. The van der Waals surface area contributed by atoms with Crippen LogP contribution in [0.1, 0.15) is 35.6 Å². The van der Waals surface area contributed by atoms with E-state index in [0.717, 1.165) is 16.4 Å². The van der Waals surface area contributed by atoms with Crippen molar-refractivity contribution in [1.82, 2.24) is 9.69 Å². The molecule has 0 unspecified atom stereocenters. The fourth-order valence-corrected chi connectivity index (χ4v) is 3.53. The van der Waals surface area contributed by atoms with Gasteiger partial charge in [0, 0.05) is 4.88 Å². The van der Waals surface area contributed by atoms with Gasteiger partial charge in [0.2, 0.25) is 0 Å². The number of nitrogens with zero attached hydrogens (tertiary/aromatic N) is 1. The molecule has 0 saturated carbocycles. The molecule has 2 heterocycles. The third kappa shape index (κ3) is 5.17. The lowest BCUT2D eigenvalue weighted by atomic mass is 10.1. The molecular formula is C15H16Cl2N2O3S2. The third-order valence-corrected chi connectivity index (χ3v) is 5.52. The van der Waals surface area contributed by atoms with Gasteiger partial charge in [-0.05, 0) is 35.3 Å². The number of thiophene rings is 1. The first kappa shape index (κ1) is 19.2. The summed E-state index contributed by atoms with van der Waals surface area (Å²) in [6.07, 6.45) is -0.508. The molecule has 0 saturated heterocycles. The molecule has 0 bridgehead atoms. The molecule has 2 aromatic rings. The van der Waals surface area contributed by atoms with E-state index in [9.17, 15) is 9.59 Å². The largest absolute Gasteiger partial charge is 0.447 e. The van der Waals surface area contributed by atoms with E-state index in [1.165, 1.54) is 0 Å². The van der Waals surface area contributed by atoms with Crippen molar-refractivity contribution in [3.63, 3.8) is 0 Å². The molecule has 24 heavy (non-hydrogen) atoms. The Balaban J connectivity index is 2.02. The highest BCUT2D eigenvalue weighted by Crippen LogP contribution is 2.30. The number of esters is 1. The Morgan fingerprint density at radius 2 is 2.12 bits per heavy atom. The van der Waals surface area contributed by atoms with Gasteiger partial charge in [-0.3, -0.25) is 4.79 Å². The SMILES string of the molecule is CC(C)C[C@H](OC(=O)c1nsc(Cl)c1Cl)C(=O)NCc1cccs1. The second-order valence-corrected chi connectivity index (χ2v) is 8.23. The molecule has 0 aliphatic heterocycles. The van der Waals surface area contributed by atoms with Gasteiger partial charge in [0.15, 0.2) is 11.8 Å². The summed E-state index contributed by atoms with van der Waals surface area (Å²) in [4.78, 5) is 25.6. The van der Waals surface area contributed by atoms with Gasteiger partial charge in [-0.2, -0.15) is 4.37 Å². The van der Waals surface area contributed by atoms with E-state index in [-0.39, 0.29) is 26.9 Å². The number of hydrogen-bond acceptors (Lipinski definition) is 6. The smallest absolute Gasteiger partial charge is 0.360 e. The average Bonchev–Trinajstić information content (AvgIpc) is 3.15. The molecule has 1 amide bonds. The van der Waals surface area contributed by atoms with Gasteiger partial charge in [-0.25, -0.2) is 4.79 Å². The normalized spacial score (nSPS) is 12.2. The Kier molecular flexibility index (Phi) is 7.03. The molecular weight excluding hydrogens is 391 g/mol. The Labute approximate surface area is 158 Å². The van der Waals surface area contributed by atoms with Crippen LogP contribution in [0.15, 0.2) is 17.5 Å². The molecule has 2 aromatic heterocycles. The van der Waals surface area contributed by atoms with E-state index in [1.807, 2.05) is 31.4 Å². The van der Waals surface area contributed by atoms with Crippen LogP contribution in [0.2, 0.25) is 9.36 Å². The molecule has 1 N–H and O–H groups in total. The molecule has 0 aliphatic rings. The number of rotatable bonds is 7.